The second-order valence-electron chi connectivity index (χ2n) is 6.68. The van der Waals surface area contributed by atoms with Gasteiger partial charge in [0.1, 0.15) is 5.69 Å². The van der Waals surface area contributed by atoms with Gasteiger partial charge in [0.2, 0.25) is 5.82 Å². The number of pyridine rings is 1. The number of hydrogen-bond donors (Lipinski definition) is 0. The van der Waals surface area contributed by atoms with E-state index in [4.69, 9.17) is 4.52 Å². The standard InChI is InChI=1S/C21H18N4O3/c1-24(2)20(26)14-10-8-13(9-11-14)18-22-19(28-23-18)17-12-15-6-4-5-7-16(15)21(27)25(17)3/h4-12H,1-3H3. The average Bonchev–Trinajstić information content (AvgIpc) is 3.20. The Kier molecular flexibility index (Phi) is 4.27. The monoisotopic (exact) mass is 374 g/mol. The van der Waals surface area contributed by atoms with Gasteiger partial charge in [-0.15, -0.1) is 0 Å². The van der Waals surface area contributed by atoms with Crippen LogP contribution in [0.5, 0.6) is 0 Å². The normalized spacial score (nSPS) is 11.0. The third-order valence-electron chi connectivity index (χ3n) is 4.59. The topological polar surface area (TPSA) is 81.2 Å². The summed E-state index contributed by atoms with van der Waals surface area (Å²) in [4.78, 5) is 30.5. The molecule has 4 rings (SSSR count). The minimum atomic E-state index is -0.126. The molecule has 4 aromatic rings. The molecule has 0 aliphatic rings. The number of hydrogen-bond acceptors (Lipinski definition) is 5. The Hall–Kier alpha value is -3.74. The van der Waals surface area contributed by atoms with Crippen LogP contribution in [-0.2, 0) is 7.05 Å². The second kappa shape index (κ2) is 6.77. The van der Waals surface area contributed by atoms with E-state index in [9.17, 15) is 9.59 Å². The fourth-order valence-corrected chi connectivity index (χ4v) is 3.02. The maximum Gasteiger partial charge on any atom is 0.274 e. The third kappa shape index (κ3) is 2.96. The van der Waals surface area contributed by atoms with E-state index in [-0.39, 0.29) is 17.4 Å². The van der Waals surface area contributed by atoms with Gasteiger partial charge in [-0.25, -0.2) is 0 Å². The highest BCUT2D eigenvalue weighted by Crippen LogP contribution is 2.24. The quantitative estimate of drug-likeness (QED) is 0.551. The van der Waals surface area contributed by atoms with Crippen molar-refractivity contribution in [3.8, 4) is 23.0 Å². The lowest BCUT2D eigenvalue weighted by Gasteiger charge is -2.09. The molecule has 0 fully saturated rings. The van der Waals surface area contributed by atoms with Gasteiger partial charge in [0.05, 0.1) is 0 Å². The lowest BCUT2D eigenvalue weighted by Crippen LogP contribution is -2.21. The predicted octanol–water partition coefficient (Wildman–Crippen LogP) is 2.96. The molecule has 0 aliphatic carbocycles. The number of fused-ring (bicyclic) bond motifs is 1. The highest BCUT2D eigenvalue weighted by atomic mass is 16.5. The van der Waals surface area contributed by atoms with Gasteiger partial charge in [-0.3, -0.25) is 9.59 Å². The summed E-state index contributed by atoms with van der Waals surface area (Å²) in [5, 5.41) is 5.47. The number of amides is 1. The summed E-state index contributed by atoms with van der Waals surface area (Å²) in [5.74, 6) is 0.569. The molecule has 2 heterocycles. The summed E-state index contributed by atoms with van der Waals surface area (Å²) in [6.07, 6.45) is 0. The van der Waals surface area contributed by atoms with E-state index >= 15 is 0 Å². The van der Waals surface area contributed by atoms with Gasteiger partial charge in [0, 0.05) is 37.7 Å². The molecule has 1 amide bonds. The minimum Gasteiger partial charge on any atom is -0.345 e. The summed E-state index contributed by atoms with van der Waals surface area (Å²) in [6.45, 7) is 0. The van der Waals surface area contributed by atoms with E-state index in [0.29, 0.717) is 22.5 Å². The zero-order valence-corrected chi connectivity index (χ0v) is 15.7. The van der Waals surface area contributed by atoms with Crippen molar-refractivity contribution in [1.82, 2.24) is 19.6 Å². The zero-order valence-electron chi connectivity index (χ0n) is 15.7. The fraction of sp³-hybridized carbons (Fsp3) is 0.143. The Morgan fingerprint density at radius 1 is 1.07 bits per heavy atom. The molecule has 0 radical (unpaired) electrons. The van der Waals surface area contributed by atoms with Gasteiger partial charge in [0.15, 0.2) is 0 Å². The summed E-state index contributed by atoms with van der Waals surface area (Å²) < 4.78 is 6.91. The molecule has 7 heteroatoms. The van der Waals surface area contributed by atoms with Crippen LogP contribution in [0.4, 0.5) is 0 Å². The van der Waals surface area contributed by atoms with E-state index < -0.39 is 0 Å². The van der Waals surface area contributed by atoms with Gasteiger partial charge in [-0.1, -0.05) is 35.5 Å². The maximum atomic E-state index is 12.6. The molecule has 0 spiro atoms. The highest BCUT2D eigenvalue weighted by molar-refractivity contribution is 5.94. The van der Waals surface area contributed by atoms with E-state index in [1.807, 2.05) is 24.3 Å². The van der Waals surface area contributed by atoms with Crippen LogP contribution in [-0.4, -0.2) is 39.6 Å². The SMILES string of the molecule is CN(C)C(=O)c1ccc(-c2noc(-c3cc4ccccc4c(=O)n3C)n2)cc1. The first-order valence-corrected chi connectivity index (χ1v) is 8.70. The molecule has 28 heavy (non-hydrogen) atoms. The lowest BCUT2D eigenvalue weighted by molar-refractivity contribution is 0.0827. The van der Waals surface area contributed by atoms with Gasteiger partial charge in [-0.2, -0.15) is 4.98 Å². The Morgan fingerprint density at radius 2 is 1.79 bits per heavy atom. The minimum absolute atomic E-state index is 0.0773. The summed E-state index contributed by atoms with van der Waals surface area (Å²) >= 11 is 0. The summed E-state index contributed by atoms with van der Waals surface area (Å²) in [7, 11) is 5.08. The number of carbonyl (C=O) groups is 1. The molecule has 0 atom stereocenters. The van der Waals surface area contributed by atoms with Crippen molar-refractivity contribution in [3.63, 3.8) is 0 Å². The summed E-state index contributed by atoms with van der Waals surface area (Å²) in [5.41, 5.74) is 1.71. The van der Waals surface area contributed by atoms with Crippen molar-refractivity contribution in [3.05, 3.63) is 70.5 Å². The number of carbonyl (C=O) groups excluding carboxylic acids is 1. The van der Waals surface area contributed by atoms with Crippen LogP contribution in [0.3, 0.4) is 0 Å². The van der Waals surface area contributed by atoms with Crippen molar-refractivity contribution in [2.75, 3.05) is 14.1 Å². The maximum absolute atomic E-state index is 12.6. The summed E-state index contributed by atoms with van der Waals surface area (Å²) in [6, 6.07) is 16.2. The lowest BCUT2D eigenvalue weighted by atomic mass is 10.1. The number of aromatic nitrogens is 3. The van der Waals surface area contributed by atoms with E-state index in [0.717, 1.165) is 10.9 Å². The molecule has 7 nitrogen and oxygen atoms in total. The Bertz CT molecular complexity index is 1240. The van der Waals surface area contributed by atoms with Crippen LogP contribution in [0.25, 0.3) is 33.7 Å². The van der Waals surface area contributed by atoms with Crippen LogP contribution in [0, 0.1) is 0 Å². The molecular formula is C21H18N4O3. The molecule has 0 saturated carbocycles. The van der Waals surface area contributed by atoms with Crippen LogP contribution in [0.15, 0.2) is 63.9 Å². The smallest absolute Gasteiger partial charge is 0.274 e. The molecule has 0 aliphatic heterocycles. The first-order valence-electron chi connectivity index (χ1n) is 8.70. The van der Waals surface area contributed by atoms with Crippen LogP contribution in [0.1, 0.15) is 10.4 Å². The van der Waals surface area contributed by atoms with Crippen molar-refractivity contribution in [1.29, 1.82) is 0 Å². The first kappa shape index (κ1) is 17.7. The van der Waals surface area contributed by atoms with Crippen molar-refractivity contribution in [2.45, 2.75) is 0 Å². The third-order valence-corrected chi connectivity index (χ3v) is 4.59. The predicted molar refractivity (Wildman–Crippen MR) is 106 cm³/mol. The molecular weight excluding hydrogens is 356 g/mol. The Morgan fingerprint density at radius 3 is 2.50 bits per heavy atom. The van der Waals surface area contributed by atoms with Crippen LogP contribution < -0.4 is 5.56 Å². The largest absolute Gasteiger partial charge is 0.345 e. The molecule has 140 valence electrons. The van der Waals surface area contributed by atoms with E-state index in [1.54, 1.807) is 51.5 Å². The number of benzene rings is 2. The molecule has 0 saturated heterocycles. The molecule has 2 aromatic carbocycles. The number of rotatable bonds is 3. The highest BCUT2D eigenvalue weighted by Gasteiger charge is 2.16. The van der Waals surface area contributed by atoms with Gasteiger partial charge in [-0.05, 0) is 29.7 Å². The number of nitrogens with zero attached hydrogens (tertiary/aromatic N) is 4. The van der Waals surface area contributed by atoms with Crippen molar-refractivity contribution < 1.29 is 9.32 Å². The van der Waals surface area contributed by atoms with Crippen molar-refractivity contribution >= 4 is 16.7 Å². The molecule has 2 aromatic heterocycles. The fourth-order valence-electron chi connectivity index (χ4n) is 3.02. The van der Waals surface area contributed by atoms with E-state index in [1.165, 1.54) is 9.47 Å². The molecule has 0 unspecified atom stereocenters. The molecule has 0 N–H and O–H groups in total. The zero-order chi connectivity index (χ0) is 19.8. The van der Waals surface area contributed by atoms with Crippen LogP contribution >= 0.6 is 0 Å². The van der Waals surface area contributed by atoms with E-state index in [2.05, 4.69) is 10.1 Å². The average molecular weight is 374 g/mol. The van der Waals surface area contributed by atoms with Gasteiger partial charge >= 0.3 is 0 Å². The first-order chi connectivity index (χ1) is 13.5. The molecule has 0 bridgehead atoms. The second-order valence-corrected chi connectivity index (χ2v) is 6.68. The van der Waals surface area contributed by atoms with Gasteiger partial charge < -0.3 is 14.0 Å². The van der Waals surface area contributed by atoms with Crippen LogP contribution in [0.2, 0.25) is 0 Å². The Balaban J connectivity index is 1.72. The Labute approximate surface area is 160 Å². The van der Waals surface area contributed by atoms with Crippen molar-refractivity contribution in [2.24, 2.45) is 7.05 Å². The van der Waals surface area contributed by atoms with Gasteiger partial charge in [0.25, 0.3) is 17.4 Å².